The van der Waals surface area contributed by atoms with Gasteiger partial charge < -0.3 is 10.1 Å². The van der Waals surface area contributed by atoms with E-state index in [0.29, 0.717) is 6.54 Å². The lowest BCUT2D eigenvalue weighted by molar-refractivity contribution is 0.0410. The van der Waals surface area contributed by atoms with Gasteiger partial charge in [-0.3, -0.25) is 4.90 Å². The number of anilines is 2. The van der Waals surface area contributed by atoms with E-state index in [1.807, 2.05) is 71.5 Å². The van der Waals surface area contributed by atoms with E-state index < -0.39 is 0 Å². The molecule has 0 unspecified atom stereocenters. The lowest BCUT2D eigenvalue weighted by atomic mass is 10.1. The Kier molecular flexibility index (Phi) is 8.98. The highest BCUT2D eigenvalue weighted by molar-refractivity contribution is 7.99. The van der Waals surface area contributed by atoms with E-state index in [0.717, 1.165) is 71.9 Å². The van der Waals surface area contributed by atoms with Gasteiger partial charge in [-0.25, -0.2) is 14.6 Å². The Hall–Kier alpha value is -2.65. The molecule has 9 heteroatoms. The number of aromatic nitrogens is 4. The molecule has 0 bridgehead atoms. The Morgan fingerprint density at radius 3 is 2.46 bits per heavy atom. The number of thioether (sulfide) groups is 1. The van der Waals surface area contributed by atoms with Crippen LogP contribution in [0.4, 0.5) is 11.5 Å². The summed E-state index contributed by atoms with van der Waals surface area (Å²) in [6.07, 6.45) is 1.82. The van der Waals surface area contributed by atoms with Crippen LogP contribution >= 0.6 is 23.4 Å². The van der Waals surface area contributed by atoms with Gasteiger partial charge in [0.25, 0.3) is 0 Å². The minimum absolute atomic E-state index is 0. The van der Waals surface area contributed by atoms with Crippen molar-refractivity contribution in [3.8, 4) is 0 Å². The Balaban J connectivity index is 0.00000289. The first-order valence-electron chi connectivity index (χ1n) is 11.4. The Labute approximate surface area is 215 Å². The van der Waals surface area contributed by atoms with Crippen LogP contribution in [0.5, 0.6) is 0 Å². The zero-order valence-corrected chi connectivity index (χ0v) is 20.4. The topological polar surface area (TPSA) is 68.1 Å². The Bertz CT molecular complexity index is 1200. The molecule has 5 rings (SSSR count). The first-order valence-corrected chi connectivity index (χ1v) is 12.9. The molecule has 1 atom stereocenters. The fourth-order valence-electron chi connectivity index (χ4n) is 3.90. The third-order valence-electron chi connectivity index (χ3n) is 5.75. The third-order valence-corrected chi connectivity index (χ3v) is 6.97. The van der Waals surface area contributed by atoms with Crippen molar-refractivity contribution in [2.75, 3.05) is 43.9 Å². The number of alkyl halides is 1. The quantitative estimate of drug-likeness (QED) is 0.178. The molecule has 184 valence electrons. The van der Waals surface area contributed by atoms with Gasteiger partial charge in [-0.2, -0.15) is 5.10 Å². The molecular formula is C26H31ClN6OS. The van der Waals surface area contributed by atoms with Gasteiger partial charge in [0.1, 0.15) is 5.82 Å². The van der Waals surface area contributed by atoms with E-state index in [1.54, 1.807) is 11.8 Å². The van der Waals surface area contributed by atoms with Gasteiger partial charge >= 0.3 is 0 Å². The van der Waals surface area contributed by atoms with E-state index in [2.05, 4.69) is 15.3 Å². The van der Waals surface area contributed by atoms with Crippen LogP contribution in [0.25, 0.3) is 11.0 Å². The average molecular weight is 511 g/mol. The van der Waals surface area contributed by atoms with Crippen LogP contribution in [-0.4, -0.2) is 63.2 Å². The molecule has 0 aliphatic carbocycles. The smallest absolute Gasteiger partial charge is 0.191 e. The molecule has 1 aliphatic rings. The van der Waals surface area contributed by atoms with Gasteiger partial charge in [0, 0.05) is 31.1 Å². The fourth-order valence-corrected chi connectivity index (χ4v) is 5.01. The van der Waals surface area contributed by atoms with Crippen LogP contribution in [0, 0.1) is 0 Å². The Morgan fingerprint density at radius 1 is 1.00 bits per heavy atom. The molecule has 1 fully saturated rings. The molecule has 0 saturated carbocycles. The highest BCUT2D eigenvalue weighted by atomic mass is 35.5. The van der Waals surface area contributed by atoms with Crippen molar-refractivity contribution in [2.45, 2.75) is 24.5 Å². The number of hydrogen-bond donors (Lipinski definition) is 1. The molecule has 2 aromatic heterocycles. The number of halogens is 1. The summed E-state index contributed by atoms with van der Waals surface area (Å²) in [5, 5.41) is 9.46. The zero-order chi connectivity index (χ0) is 23.2. The monoisotopic (exact) mass is 510 g/mol. The van der Waals surface area contributed by atoms with E-state index in [9.17, 15) is 0 Å². The van der Waals surface area contributed by atoms with Gasteiger partial charge in [0.2, 0.25) is 0 Å². The van der Waals surface area contributed by atoms with Gasteiger partial charge in [0.05, 0.1) is 36.7 Å². The molecule has 0 spiro atoms. The summed E-state index contributed by atoms with van der Waals surface area (Å²) >= 11 is 8.40. The summed E-state index contributed by atoms with van der Waals surface area (Å²) < 4.78 is 7.33. The van der Waals surface area contributed by atoms with E-state index >= 15 is 0 Å². The Morgan fingerprint density at radius 2 is 1.71 bits per heavy atom. The van der Waals surface area contributed by atoms with Crippen molar-refractivity contribution in [1.82, 2.24) is 24.6 Å². The lowest BCUT2D eigenvalue weighted by Gasteiger charge is -2.26. The zero-order valence-electron chi connectivity index (χ0n) is 18.8. The van der Waals surface area contributed by atoms with Crippen molar-refractivity contribution in [3.63, 3.8) is 0 Å². The maximum Gasteiger partial charge on any atom is 0.191 e. The van der Waals surface area contributed by atoms with Gasteiger partial charge in [-0.15, -0.1) is 11.6 Å². The van der Waals surface area contributed by atoms with Crippen LogP contribution < -0.4 is 5.32 Å². The number of hydrogen-bond acceptors (Lipinski definition) is 7. The molecule has 0 radical (unpaired) electrons. The van der Waals surface area contributed by atoms with Gasteiger partial charge in [-0.1, -0.05) is 67.7 Å². The second-order valence-electron chi connectivity index (χ2n) is 8.09. The predicted molar refractivity (Wildman–Crippen MR) is 145 cm³/mol. The van der Waals surface area contributed by atoms with Crippen molar-refractivity contribution in [2.24, 2.45) is 0 Å². The average Bonchev–Trinajstić information content (AvgIpc) is 3.28. The van der Waals surface area contributed by atoms with Crippen molar-refractivity contribution < 1.29 is 4.74 Å². The number of para-hydroxylation sites is 1. The van der Waals surface area contributed by atoms with Crippen LogP contribution in [-0.2, 0) is 11.3 Å². The maximum atomic E-state index is 6.74. The summed E-state index contributed by atoms with van der Waals surface area (Å²) in [4.78, 5) is 12.1. The molecule has 3 heterocycles. The SMILES string of the molecule is C.Cl[C@@H](Cn1ncc2c(Nc3ccccc3)nc(SCCN3CCOCC3)nc21)c1ccccc1. The number of rotatable bonds is 9. The van der Waals surface area contributed by atoms with Gasteiger partial charge in [0.15, 0.2) is 10.8 Å². The van der Waals surface area contributed by atoms with Crippen LogP contribution in [0.1, 0.15) is 18.4 Å². The third kappa shape index (κ3) is 6.52. The molecular weight excluding hydrogens is 480 g/mol. The molecule has 1 aliphatic heterocycles. The van der Waals surface area contributed by atoms with Crippen molar-refractivity contribution >= 4 is 45.9 Å². The number of benzene rings is 2. The van der Waals surface area contributed by atoms with E-state index in [4.69, 9.17) is 26.3 Å². The highest BCUT2D eigenvalue weighted by Gasteiger charge is 2.17. The van der Waals surface area contributed by atoms with Crippen LogP contribution in [0.2, 0.25) is 0 Å². The summed E-state index contributed by atoms with van der Waals surface area (Å²) in [6, 6.07) is 20.1. The summed E-state index contributed by atoms with van der Waals surface area (Å²) in [5.74, 6) is 1.66. The second-order valence-corrected chi connectivity index (χ2v) is 9.68. The summed E-state index contributed by atoms with van der Waals surface area (Å²) in [5.41, 5.74) is 2.81. The highest BCUT2D eigenvalue weighted by Crippen LogP contribution is 2.29. The standard InChI is InChI=1S/C25H27ClN6OS.CH4/c26-22(19-7-3-1-4-8-19)18-32-24-21(17-27-32)23(28-20-9-5-2-6-10-20)29-25(30-24)34-16-13-31-11-14-33-15-12-31;/h1-10,17,22H,11-16,18H2,(H,28,29,30);1H4/t22-;/m0./s1. The van der Waals surface area contributed by atoms with Crippen LogP contribution in [0.3, 0.4) is 0 Å². The molecule has 0 amide bonds. The first kappa shape index (κ1) is 25.4. The largest absolute Gasteiger partial charge is 0.379 e. The minimum Gasteiger partial charge on any atom is -0.379 e. The molecule has 1 N–H and O–H groups in total. The number of fused-ring (bicyclic) bond motifs is 1. The second kappa shape index (κ2) is 12.4. The first-order chi connectivity index (χ1) is 16.8. The van der Waals surface area contributed by atoms with Crippen LogP contribution in [0.15, 0.2) is 72.0 Å². The van der Waals surface area contributed by atoms with Crippen molar-refractivity contribution in [3.05, 3.63) is 72.4 Å². The van der Waals surface area contributed by atoms with E-state index in [-0.39, 0.29) is 12.8 Å². The van der Waals surface area contributed by atoms with Gasteiger partial charge in [-0.05, 0) is 17.7 Å². The molecule has 7 nitrogen and oxygen atoms in total. The maximum absolute atomic E-state index is 6.74. The minimum atomic E-state index is -0.206. The van der Waals surface area contributed by atoms with E-state index in [1.165, 1.54) is 0 Å². The predicted octanol–water partition coefficient (Wildman–Crippen LogP) is 5.61. The molecule has 35 heavy (non-hydrogen) atoms. The number of ether oxygens (including phenoxy) is 1. The lowest BCUT2D eigenvalue weighted by Crippen LogP contribution is -2.37. The van der Waals surface area contributed by atoms with Crippen molar-refractivity contribution in [1.29, 1.82) is 0 Å². The summed E-state index contributed by atoms with van der Waals surface area (Å²) in [7, 11) is 0. The molecule has 2 aromatic carbocycles. The normalized spacial score (nSPS) is 15.0. The fraction of sp³-hybridized carbons (Fsp3) is 0.346. The number of nitrogens with one attached hydrogen (secondary N) is 1. The summed E-state index contributed by atoms with van der Waals surface area (Å²) in [6.45, 7) is 5.06. The molecule has 1 saturated heterocycles. The number of nitrogens with zero attached hydrogens (tertiary/aromatic N) is 5. The molecule has 4 aromatic rings. The number of morpholine rings is 1.